The first-order valence-electron chi connectivity index (χ1n) is 4.79. The fourth-order valence-electron chi connectivity index (χ4n) is 2.01. The van der Waals surface area contributed by atoms with Crippen LogP contribution < -0.4 is 5.73 Å². The normalized spacial score (nSPS) is 28.8. The number of carboxylic acids is 1. The highest BCUT2D eigenvalue weighted by Gasteiger charge is 2.60. The number of carboxylic acid groups (broad SMARTS) is 1. The summed E-state index contributed by atoms with van der Waals surface area (Å²) in [6.45, 7) is 0.101. The molecule has 2 unspecified atom stereocenters. The maximum atomic E-state index is 12.9. The second-order valence-corrected chi connectivity index (χ2v) is 3.98. The van der Waals surface area contributed by atoms with E-state index >= 15 is 0 Å². The summed E-state index contributed by atoms with van der Waals surface area (Å²) in [5, 5.41) is 9.03. The minimum atomic E-state index is -0.890. The molecule has 1 aliphatic carbocycles. The molecule has 15 heavy (non-hydrogen) atoms. The molecule has 0 amide bonds. The average Bonchev–Trinajstić information content (AvgIpc) is 2.93. The van der Waals surface area contributed by atoms with E-state index in [1.54, 1.807) is 12.1 Å². The summed E-state index contributed by atoms with van der Waals surface area (Å²) < 4.78 is 12.9. The lowest BCUT2D eigenvalue weighted by molar-refractivity contribution is -0.143. The number of carbonyl (C=O) groups is 1. The zero-order chi connectivity index (χ0) is 11.1. The van der Waals surface area contributed by atoms with Crippen LogP contribution in [-0.4, -0.2) is 17.6 Å². The van der Waals surface area contributed by atoms with Crippen molar-refractivity contribution in [3.8, 4) is 0 Å². The highest BCUT2D eigenvalue weighted by molar-refractivity contribution is 5.80. The molecule has 3 nitrogen and oxygen atoms in total. The molecule has 0 spiro atoms. The summed E-state index contributed by atoms with van der Waals surface area (Å²) in [4.78, 5) is 11.0. The van der Waals surface area contributed by atoms with Crippen molar-refractivity contribution in [1.82, 2.24) is 0 Å². The predicted octanol–water partition coefficient (Wildman–Crippen LogP) is 1.34. The third-order valence-electron chi connectivity index (χ3n) is 3.12. The topological polar surface area (TPSA) is 63.3 Å². The van der Waals surface area contributed by atoms with Crippen molar-refractivity contribution in [2.75, 3.05) is 6.54 Å². The van der Waals surface area contributed by atoms with E-state index in [0.717, 1.165) is 5.56 Å². The van der Waals surface area contributed by atoms with Crippen molar-refractivity contribution in [2.45, 2.75) is 12.3 Å². The molecule has 0 aliphatic heterocycles. The van der Waals surface area contributed by atoms with Crippen molar-refractivity contribution in [1.29, 1.82) is 0 Å². The van der Waals surface area contributed by atoms with Gasteiger partial charge in [0, 0.05) is 12.5 Å². The Hall–Kier alpha value is -1.42. The molecule has 1 fully saturated rings. The Morgan fingerprint density at radius 1 is 1.67 bits per heavy atom. The SMILES string of the molecule is NCC1(C(=O)O)CC1c1cccc(F)c1. The van der Waals surface area contributed by atoms with Crippen LogP contribution in [0.1, 0.15) is 17.9 Å². The smallest absolute Gasteiger partial charge is 0.311 e. The molecule has 0 radical (unpaired) electrons. The second-order valence-electron chi connectivity index (χ2n) is 3.98. The fourth-order valence-corrected chi connectivity index (χ4v) is 2.01. The van der Waals surface area contributed by atoms with E-state index in [9.17, 15) is 9.18 Å². The number of hydrogen-bond acceptors (Lipinski definition) is 2. The minimum absolute atomic E-state index is 0.101. The molecule has 1 aromatic rings. The second kappa shape index (κ2) is 3.31. The molecule has 2 atom stereocenters. The van der Waals surface area contributed by atoms with Gasteiger partial charge in [-0.15, -0.1) is 0 Å². The molecule has 1 aliphatic rings. The van der Waals surface area contributed by atoms with Gasteiger partial charge in [-0.2, -0.15) is 0 Å². The Morgan fingerprint density at radius 3 is 2.87 bits per heavy atom. The standard InChI is InChI=1S/C11H12FNO2/c12-8-3-1-2-7(4-8)9-5-11(9,6-13)10(14)15/h1-4,9H,5-6,13H2,(H,14,15). The Bertz CT molecular complexity index is 407. The first-order chi connectivity index (χ1) is 7.10. The molecule has 3 N–H and O–H groups in total. The van der Waals surface area contributed by atoms with Crippen LogP contribution in [0.2, 0.25) is 0 Å². The fraction of sp³-hybridized carbons (Fsp3) is 0.364. The lowest BCUT2D eigenvalue weighted by Crippen LogP contribution is -2.26. The summed E-state index contributed by atoms with van der Waals surface area (Å²) in [7, 11) is 0. The highest BCUT2D eigenvalue weighted by Crippen LogP contribution is 2.58. The van der Waals surface area contributed by atoms with Gasteiger partial charge in [0.2, 0.25) is 0 Å². The van der Waals surface area contributed by atoms with Crippen molar-refractivity contribution >= 4 is 5.97 Å². The van der Waals surface area contributed by atoms with Gasteiger partial charge < -0.3 is 10.8 Å². The number of rotatable bonds is 3. The van der Waals surface area contributed by atoms with Crippen molar-refractivity contribution < 1.29 is 14.3 Å². The molecule has 4 heteroatoms. The van der Waals surface area contributed by atoms with Crippen LogP contribution in [0.4, 0.5) is 4.39 Å². The van der Waals surface area contributed by atoms with Gasteiger partial charge >= 0.3 is 5.97 Å². The highest BCUT2D eigenvalue weighted by atomic mass is 19.1. The van der Waals surface area contributed by atoms with Crippen LogP contribution in [0.3, 0.4) is 0 Å². The largest absolute Gasteiger partial charge is 0.481 e. The molecule has 0 heterocycles. The molecular formula is C11H12FNO2. The zero-order valence-corrected chi connectivity index (χ0v) is 8.11. The third-order valence-corrected chi connectivity index (χ3v) is 3.12. The van der Waals surface area contributed by atoms with E-state index in [0.29, 0.717) is 6.42 Å². The minimum Gasteiger partial charge on any atom is -0.481 e. The summed E-state index contributed by atoms with van der Waals surface area (Å²) in [5.74, 6) is -1.37. The zero-order valence-electron chi connectivity index (χ0n) is 8.11. The summed E-state index contributed by atoms with van der Waals surface area (Å²) in [6.07, 6.45) is 0.502. The first kappa shape index (κ1) is 10.1. The number of hydrogen-bond donors (Lipinski definition) is 2. The van der Waals surface area contributed by atoms with Gasteiger partial charge in [0.25, 0.3) is 0 Å². The van der Waals surface area contributed by atoms with Gasteiger partial charge in [0.1, 0.15) is 5.82 Å². The van der Waals surface area contributed by atoms with Crippen molar-refractivity contribution in [3.05, 3.63) is 35.6 Å². The third kappa shape index (κ3) is 1.51. The van der Waals surface area contributed by atoms with Crippen LogP contribution in [0, 0.1) is 11.2 Å². The van der Waals surface area contributed by atoms with E-state index < -0.39 is 11.4 Å². The summed E-state index contributed by atoms with van der Waals surface area (Å²) >= 11 is 0. The van der Waals surface area contributed by atoms with Crippen molar-refractivity contribution in [2.24, 2.45) is 11.1 Å². The van der Waals surface area contributed by atoms with Gasteiger partial charge in [-0.05, 0) is 24.1 Å². The molecule has 0 aromatic heterocycles. The summed E-state index contributed by atoms with van der Waals surface area (Å²) in [6, 6.07) is 6.06. The lowest BCUT2D eigenvalue weighted by atomic mass is 9.99. The average molecular weight is 209 g/mol. The lowest BCUT2D eigenvalue weighted by Gasteiger charge is -2.08. The quantitative estimate of drug-likeness (QED) is 0.789. The van der Waals surface area contributed by atoms with E-state index in [-0.39, 0.29) is 18.3 Å². The van der Waals surface area contributed by atoms with Gasteiger partial charge in [0.15, 0.2) is 0 Å². The predicted molar refractivity (Wildman–Crippen MR) is 52.9 cm³/mol. The van der Waals surface area contributed by atoms with E-state index in [2.05, 4.69) is 0 Å². The molecule has 2 rings (SSSR count). The summed E-state index contributed by atoms with van der Waals surface area (Å²) in [5.41, 5.74) is 5.32. The Labute approximate surface area is 86.7 Å². The van der Waals surface area contributed by atoms with Gasteiger partial charge in [-0.1, -0.05) is 12.1 Å². The van der Waals surface area contributed by atoms with E-state index in [4.69, 9.17) is 10.8 Å². The number of halogens is 1. The van der Waals surface area contributed by atoms with Gasteiger partial charge in [-0.3, -0.25) is 4.79 Å². The van der Waals surface area contributed by atoms with Crippen LogP contribution in [0.5, 0.6) is 0 Å². The van der Waals surface area contributed by atoms with E-state index in [1.807, 2.05) is 0 Å². The molecule has 1 aromatic carbocycles. The molecule has 0 saturated heterocycles. The number of nitrogens with two attached hydrogens (primary N) is 1. The maximum Gasteiger partial charge on any atom is 0.311 e. The van der Waals surface area contributed by atoms with Crippen LogP contribution in [0.15, 0.2) is 24.3 Å². The number of benzene rings is 1. The molecule has 0 bridgehead atoms. The maximum absolute atomic E-state index is 12.9. The molecule has 80 valence electrons. The number of aliphatic carboxylic acids is 1. The van der Waals surface area contributed by atoms with Crippen LogP contribution in [0.25, 0.3) is 0 Å². The van der Waals surface area contributed by atoms with Crippen LogP contribution in [-0.2, 0) is 4.79 Å². The Kier molecular flexibility index (Phi) is 2.23. The molecule has 1 saturated carbocycles. The Balaban J connectivity index is 2.26. The first-order valence-corrected chi connectivity index (χ1v) is 4.79. The monoisotopic (exact) mass is 209 g/mol. The van der Waals surface area contributed by atoms with E-state index in [1.165, 1.54) is 12.1 Å². The van der Waals surface area contributed by atoms with Crippen LogP contribution >= 0.6 is 0 Å². The van der Waals surface area contributed by atoms with Gasteiger partial charge in [-0.25, -0.2) is 4.39 Å². The molecular weight excluding hydrogens is 197 g/mol. The van der Waals surface area contributed by atoms with Gasteiger partial charge in [0.05, 0.1) is 5.41 Å². The van der Waals surface area contributed by atoms with Crippen molar-refractivity contribution in [3.63, 3.8) is 0 Å². The Morgan fingerprint density at radius 2 is 2.40 bits per heavy atom.